The fourth-order valence-corrected chi connectivity index (χ4v) is 3.85. The van der Waals surface area contributed by atoms with E-state index in [2.05, 4.69) is 24.4 Å². The van der Waals surface area contributed by atoms with E-state index in [1.165, 1.54) is 7.11 Å². The molecule has 1 saturated carbocycles. The maximum atomic E-state index is 11.1. The number of halogens is 1. The van der Waals surface area contributed by atoms with Gasteiger partial charge in [0.25, 0.3) is 0 Å². The molecule has 74 valence electrons. The van der Waals surface area contributed by atoms with Gasteiger partial charge in [0.05, 0.1) is 15.2 Å². The average Bonchev–Trinajstić information content (AvgIpc) is 2.79. The van der Waals surface area contributed by atoms with Crippen LogP contribution >= 0.6 is 11.6 Å². The molecular weight excluding hydrogens is 204 g/mol. The molecule has 0 aromatic rings. The topological polar surface area (TPSA) is 26.3 Å². The Kier molecular flexibility index (Phi) is 2.87. The summed E-state index contributed by atoms with van der Waals surface area (Å²) in [6.07, 6.45) is 0.990. The molecule has 0 spiro atoms. The molecule has 0 saturated heterocycles. The lowest BCUT2D eigenvalue weighted by Gasteiger charge is -2.13. The van der Waals surface area contributed by atoms with Crippen molar-refractivity contribution >= 4 is 25.6 Å². The number of esters is 1. The lowest BCUT2D eigenvalue weighted by atomic mass is 10.5. The SMILES string of the molecule is COC(=O)C(Cl)=C1CC1[Si](C)(C)C. The van der Waals surface area contributed by atoms with Gasteiger partial charge in [0, 0.05) is 0 Å². The van der Waals surface area contributed by atoms with Crippen LogP contribution in [0.1, 0.15) is 6.42 Å². The Morgan fingerprint density at radius 2 is 2.08 bits per heavy atom. The van der Waals surface area contributed by atoms with Gasteiger partial charge in [-0.25, -0.2) is 4.79 Å². The van der Waals surface area contributed by atoms with Crippen LogP contribution in [0.4, 0.5) is 0 Å². The summed E-state index contributed by atoms with van der Waals surface area (Å²) < 4.78 is 4.56. The highest BCUT2D eigenvalue weighted by Crippen LogP contribution is 2.53. The Morgan fingerprint density at radius 1 is 1.54 bits per heavy atom. The smallest absolute Gasteiger partial charge is 0.349 e. The second-order valence-electron chi connectivity index (χ2n) is 4.45. The van der Waals surface area contributed by atoms with Crippen LogP contribution in [0.5, 0.6) is 0 Å². The molecule has 0 bridgehead atoms. The first-order valence-electron chi connectivity index (χ1n) is 4.34. The lowest BCUT2D eigenvalue weighted by Crippen LogP contribution is -2.19. The van der Waals surface area contributed by atoms with Gasteiger partial charge in [0.2, 0.25) is 0 Å². The standard InChI is InChI=1S/C9H15ClO2Si/c1-12-9(11)8(10)6-5-7(6)13(2,3)4/h7H,5H2,1-4H3. The third-order valence-corrected chi connectivity index (χ3v) is 5.42. The third kappa shape index (κ3) is 2.35. The summed E-state index contributed by atoms with van der Waals surface area (Å²) in [6, 6.07) is 0. The number of carbonyl (C=O) groups excluding carboxylic acids is 1. The average molecular weight is 219 g/mol. The van der Waals surface area contributed by atoms with E-state index >= 15 is 0 Å². The molecule has 1 aliphatic carbocycles. The molecule has 4 heteroatoms. The van der Waals surface area contributed by atoms with Crippen LogP contribution in [-0.2, 0) is 9.53 Å². The summed E-state index contributed by atoms with van der Waals surface area (Å²) in [4.78, 5) is 11.1. The highest BCUT2D eigenvalue weighted by Gasteiger charge is 2.44. The summed E-state index contributed by atoms with van der Waals surface area (Å²) in [7, 11) is 0.200. The van der Waals surface area contributed by atoms with Crippen LogP contribution in [0.2, 0.25) is 25.2 Å². The van der Waals surface area contributed by atoms with Crippen LogP contribution < -0.4 is 0 Å². The van der Waals surface area contributed by atoms with Crippen molar-refractivity contribution in [1.29, 1.82) is 0 Å². The van der Waals surface area contributed by atoms with Gasteiger partial charge >= 0.3 is 5.97 Å². The second-order valence-corrected chi connectivity index (χ2v) is 10.3. The molecule has 1 fully saturated rings. The molecule has 13 heavy (non-hydrogen) atoms. The van der Waals surface area contributed by atoms with Gasteiger partial charge < -0.3 is 4.74 Å². The van der Waals surface area contributed by atoms with Crippen LogP contribution in [-0.4, -0.2) is 21.2 Å². The van der Waals surface area contributed by atoms with E-state index in [-0.39, 0.29) is 0 Å². The molecule has 0 aliphatic heterocycles. The number of carbonyl (C=O) groups is 1. The highest BCUT2D eigenvalue weighted by molar-refractivity contribution is 6.79. The Hall–Kier alpha value is -0.283. The van der Waals surface area contributed by atoms with Gasteiger partial charge in [-0.2, -0.15) is 0 Å². The summed E-state index contributed by atoms with van der Waals surface area (Å²) in [5.41, 5.74) is 1.69. The van der Waals surface area contributed by atoms with E-state index in [4.69, 9.17) is 11.6 Å². The third-order valence-electron chi connectivity index (χ3n) is 2.38. The van der Waals surface area contributed by atoms with Crippen molar-refractivity contribution < 1.29 is 9.53 Å². The highest BCUT2D eigenvalue weighted by atomic mass is 35.5. The van der Waals surface area contributed by atoms with Crippen molar-refractivity contribution in [2.45, 2.75) is 31.6 Å². The Labute approximate surface area is 84.9 Å². The van der Waals surface area contributed by atoms with E-state index < -0.39 is 14.0 Å². The molecule has 1 rings (SSSR count). The Balaban J connectivity index is 2.73. The van der Waals surface area contributed by atoms with Gasteiger partial charge in [0.1, 0.15) is 5.03 Å². The molecule has 0 radical (unpaired) electrons. The molecule has 1 atom stereocenters. The fraction of sp³-hybridized carbons (Fsp3) is 0.667. The van der Waals surface area contributed by atoms with Gasteiger partial charge in [0.15, 0.2) is 0 Å². The summed E-state index contributed by atoms with van der Waals surface area (Å²) >= 11 is 5.86. The first-order valence-corrected chi connectivity index (χ1v) is 8.30. The fourth-order valence-electron chi connectivity index (χ4n) is 1.45. The molecule has 1 unspecified atom stereocenters. The minimum absolute atomic E-state index is 0.315. The van der Waals surface area contributed by atoms with E-state index in [1.54, 1.807) is 0 Å². The number of hydrogen-bond donors (Lipinski definition) is 0. The largest absolute Gasteiger partial charge is 0.465 e. The molecule has 0 aromatic carbocycles. The summed E-state index contributed by atoms with van der Waals surface area (Å²) in [5.74, 6) is -0.391. The Bertz CT molecular complexity index is 265. The quantitative estimate of drug-likeness (QED) is 0.405. The van der Waals surface area contributed by atoms with E-state index in [1.807, 2.05) is 0 Å². The summed E-state index contributed by atoms with van der Waals surface area (Å²) in [6.45, 7) is 6.85. The molecule has 0 N–H and O–H groups in total. The number of methoxy groups -OCH3 is 1. The number of ether oxygens (including phenoxy) is 1. The molecule has 1 aliphatic rings. The number of allylic oxidation sites excluding steroid dienone is 1. The molecule has 0 heterocycles. The molecule has 2 nitrogen and oxygen atoms in total. The minimum atomic E-state index is -1.16. The zero-order valence-corrected chi connectivity index (χ0v) is 10.2. The van der Waals surface area contributed by atoms with Crippen LogP contribution in [0.3, 0.4) is 0 Å². The molecule has 0 amide bonds. The van der Waals surface area contributed by atoms with Crippen molar-refractivity contribution in [2.75, 3.05) is 7.11 Å². The first-order chi connectivity index (χ1) is 5.88. The predicted octanol–water partition coefficient (Wildman–Crippen LogP) is 2.76. The zero-order chi connectivity index (χ0) is 10.2. The van der Waals surface area contributed by atoms with E-state index in [0.29, 0.717) is 10.6 Å². The Morgan fingerprint density at radius 3 is 2.38 bits per heavy atom. The van der Waals surface area contributed by atoms with Gasteiger partial charge in [-0.3, -0.25) is 0 Å². The van der Waals surface area contributed by atoms with Crippen molar-refractivity contribution in [3.63, 3.8) is 0 Å². The van der Waals surface area contributed by atoms with Crippen LogP contribution in [0.25, 0.3) is 0 Å². The predicted molar refractivity (Wildman–Crippen MR) is 56.6 cm³/mol. The number of rotatable bonds is 2. The first kappa shape index (κ1) is 10.8. The van der Waals surface area contributed by atoms with Crippen molar-refractivity contribution in [2.24, 2.45) is 0 Å². The molecular formula is C9H15ClO2Si. The van der Waals surface area contributed by atoms with Crippen molar-refractivity contribution in [3.05, 3.63) is 10.6 Å². The monoisotopic (exact) mass is 218 g/mol. The lowest BCUT2D eigenvalue weighted by molar-refractivity contribution is -0.135. The van der Waals surface area contributed by atoms with Crippen LogP contribution in [0, 0.1) is 0 Å². The molecule has 0 aromatic heterocycles. The van der Waals surface area contributed by atoms with Crippen LogP contribution in [0.15, 0.2) is 10.6 Å². The van der Waals surface area contributed by atoms with E-state index in [0.717, 1.165) is 12.0 Å². The van der Waals surface area contributed by atoms with Gasteiger partial charge in [-0.05, 0) is 17.5 Å². The zero-order valence-electron chi connectivity index (χ0n) is 8.48. The minimum Gasteiger partial charge on any atom is -0.465 e. The van der Waals surface area contributed by atoms with E-state index in [9.17, 15) is 4.79 Å². The maximum Gasteiger partial charge on any atom is 0.349 e. The van der Waals surface area contributed by atoms with Gasteiger partial charge in [-0.15, -0.1) is 0 Å². The second kappa shape index (κ2) is 3.46. The number of hydrogen-bond acceptors (Lipinski definition) is 2. The van der Waals surface area contributed by atoms with Gasteiger partial charge in [-0.1, -0.05) is 31.2 Å². The normalized spacial score (nSPS) is 25.5. The van der Waals surface area contributed by atoms with Crippen molar-refractivity contribution in [3.8, 4) is 0 Å². The summed E-state index contributed by atoms with van der Waals surface area (Å²) in [5, 5.41) is 0.315. The van der Waals surface area contributed by atoms with Crippen molar-refractivity contribution in [1.82, 2.24) is 0 Å². The maximum absolute atomic E-state index is 11.1.